The van der Waals surface area contributed by atoms with Gasteiger partial charge in [0.05, 0.1) is 17.5 Å². The van der Waals surface area contributed by atoms with E-state index < -0.39 is 0 Å². The van der Waals surface area contributed by atoms with Gasteiger partial charge in [-0.1, -0.05) is 43.6 Å². The molecule has 5 rings (SSSR count). The maximum absolute atomic E-state index is 13.9. The fourth-order valence-corrected chi connectivity index (χ4v) is 6.14. The number of nitrogens with one attached hydrogen (secondary N) is 1. The Morgan fingerprint density at radius 3 is 2.97 bits per heavy atom. The lowest BCUT2D eigenvalue weighted by molar-refractivity contribution is -0.138. The molecule has 36 heavy (non-hydrogen) atoms. The van der Waals surface area contributed by atoms with E-state index in [2.05, 4.69) is 59.0 Å². The van der Waals surface area contributed by atoms with Gasteiger partial charge in [-0.05, 0) is 79.5 Å². The van der Waals surface area contributed by atoms with Crippen molar-refractivity contribution >= 4 is 28.4 Å². The summed E-state index contributed by atoms with van der Waals surface area (Å²) in [6, 6.07) is 12.8. The monoisotopic (exact) mass is 507 g/mol. The smallest absolute Gasteiger partial charge is 0.227 e. The zero-order chi connectivity index (χ0) is 25.1. The first kappa shape index (κ1) is 25.2. The molecule has 0 saturated carbocycles. The van der Waals surface area contributed by atoms with Crippen LogP contribution >= 0.6 is 11.6 Å². The van der Waals surface area contributed by atoms with Gasteiger partial charge in [0, 0.05) is 43.3 Å². The molecule has 1 N–H and O–H groups in total. The number of aromatic nitrogens is 1. The van der Waals surface area contributed by atoms with Crippen molar-refractivity contribution in [3.05, 3.63) is 64.3 Å². The number of aryl methyl sites for hydroxylation is 1. The maximum atomic E-state index is 13.9. The van der Waals surface area contributed by atoms with Crippen molar-refractivity contribution in [2.45, 2.75) is 59.0 Å². The second-order valence-corrected chi connectivity index (χ2v) is 11.3. The van der Waals surface area contributed by atoms with Gasteiger partial charge in [-0.15, -0.1) is 0 Å². The van der Waals surface area contributed by atoms with Crippen molar-refractivity contribution in [2.24, 2.45) is 11.8 Å². The van der Waals surface area contributed by atoms with E-state index in [1.165, 1.54) is 22.0 Å². The molecule has 1 fully saturated rings. The summed E-state index contributed by atoms with van der Waals surface area (Å²) in [4.78, 5) is 21.7. The Morgan fingerprint density at radius 1 is 1.22 bits per heavy atom. The molecule has 5 nitrogen and oxygen atoms in total. The summed E-state index contributed by atoms with van der Waals surface area (Å²) in [6.45, 7) is 9.17. The quantitative estimate of drug-likeness (QED) is 0.400. The third kappa shape index (κ3) is 5.73. The molecule has 0 radical (unpaired) electrons. The van der Waals surface area contributed by atoms with E-state index in [4.69, 9.17) is 16.3 Å². The van der Waals surface area contributed by atoms with E-state index in [1.54, 1.807) is 0 Å². The van der Waals surface area contributed by atoms with Gasteiger partial charge in [0.15, 0.2) is 0 Å². The first-order chi connectivity index (χ1) is 17.5. The van der Waals surface area contributed by atoms with Crippen LogP contribution in [0.25, 0.3) is 10.9 Å². The SMILES string of the molecule is CC(C)CN(Cc1cc(Cl)c2c(c1)CCCCO2)C(=O)[C@@H]1CCCN(Cc2cccc3[nH]ccc23)C1. The maximum Gasteiger partial charge on any atom is 0.227 e. The largest absolute Gasteiger partial charge is 0.492 e. The summed E-state index contributed by atoms with van der Waals surface area (Å²) in [5.74, 6) is 1.54. The summed E-state index contributed by atoms with van der Waals surface area (Å²) in [5.41, 5.74) is 4.77. The lowest BCUT2D eigenvalue weighted by atomic mass is 9.95. The van der Waals surface area contributed by atoms with Crippen molar-refractivity contribution < 1.29 is 9.53 Å². The number of amides is 1. The third-order valence-electron chi connectivity index (χ3n) is 7.47. The van der Waals surface area contributed by atoms with E-state index in [-0.39, 0.29) is 11.8 Å². The summed E-state index contributed by atoms with van der Waals surface area (Å²) < 4.78 is 5.91. The Balaban J connectivity index is 1.30. The van der Waals surface area contributed by atoms with Gasteiger partial charge in [-0.3, -0.25) is 9.69 Å². The predicted octanol–water partition coefficient (Wildman–Crippen LogP) is 6.43. The number of halogens is 1. The molecule has 2 aliphatic heterocycles. The molecule has 1 aromatic heterocycles. The van der Waals surface area contributed by atoms with Crippen LogP contribution in [-0.4, -0.2) is 46.9 Å². The summed E-state index contributed by atoms with van der Waals surface area (Å²) in [5, 5.41) is 1.94. The predicted molar refractivity (Wildman–Crippen MR) is 146 cm³/mol. The molecule has 1 saturated heterocycles. The molecular weight excluding hydrogens is 470 g/mol. The number of likely N-dealkylation sites (tertiary alicyclic amines) is 1. The molecule has 1 atom stereocenters. The fraction of sp³-hybridized carbons (Fsp3) is 0.500. The molecular formula is C30H38ClN3O2. The number of benzene rings is 2. The van der Waals surface area contributed by atoms with Crippen LogP contribution in [-0.2, 0) is 24.3 Å². The van der Waals surface area contributed by atoms with Crippen LogP contribution in [0.1, 0.15) is 56.2 Å². The molecule has 3 aromatic rings. The van der Waals surface area contributed by atoms with Crippen molar-refractivity contribution in [1.82, 2.24) is 14.8 Å². The van der Waals surface area contributed by atoms with Gasteiger partial charge in [0.1, 0.15) is 5.75 Å². The van der Waals surface area contributed by atoms with Crippen LogP contribution in [0.2, 0.25) is 5.02 Å². The van der Waals surface area contributed by atoms with Crippen LogP contribution in [0.15, 0.2) is 42.6 Å². The number of nitrogens with zero attached hydrogens (tertiary/aromatic N) is 2. The zero-order valence-corrected chi connectivity index (χ0v) is 22.3. The minimum Gasteiger partial charge on any atom is -0.492 e. The van der Waals surface area contributed by atoms with Gasteiger partial charge < -0.3 is 14.6 Å². The third-order valence-corrected chi connectivity index (χ3v) is 7.75. The molecule has 0 aliphatic carbocycles. The number of H-pyrrole nitrogens is 1. The molecule has 6 heteroatoms. The van der Waals surface area contributed by atoms with Crippen LogP contribution in [0.3, 0.4) is 0 Å². The van der Waals surface area contributed by atoms with E-state index >= 15 is 0 Å². The lowest BCUT2D eigenvalue weighted by Gasteiger charge is -2.36. The summed E-state index contributed by atoms with van der Waals surface area (Å²) in [7, 11) is 0. The fourth-order valence-electron chi connectivity index (χ4n) is 5.82. The highest BCUT2D eigenvalue weighted by Gasteiger charge is 2.30. The minimum absolute atomic E-state index is 0.0301. The summed E-state index contributed by atoms with van der Waals surface area (Å²) in [6.07, 6.45) is 7.15. The van der Waals surface area contributed by atoms with Crippen molar-refractivity contribution in [2.75, 3.05) is 26.2 Å². The number of ether oxygens (including phenoxy) is 1. The highest BCUT2D eigenvalue weighted by molar-refractivity contribution is 6.32. The molecule has 2 aromatic carbocycles. The normalized spacial score (nSPS) is 18.6. The van der Waals surface area contributed by atoms with Crippen LogP contribution < -0.4 is 4.74 Å². The van der Waals surface area contributed by atoms with E-state index in [0.29, 0.717) is 17.5 Å². The second kappa shape index (κ2) is 11.3. The summed E-state index contributed by atoms with van der Waals surface area (Å²) >= 11 is 6.63. The Labute approximate surface area is 219 Å². The molecule has 3 heterocycles. The first-order valence-corrected chi connectivity index (χ1v) is 13.9. The number of rotatable bonds is 7. The number of hydrogen-bond donors (Lipinski definition) is 1. The average Bonchev–Trinajstić information content (AvgIpc) is 3.22. The number of piperidine rings is 1. The molecule has 0 bridgehead atoms. The minimum atomic E-state index is 0.0301. The van der Waals surface area contributed by atoms with Gasteiger partial charge >= 0.3 is 0 Å². The molecule has 192 valence electrons. The number of fused-ring (bicyclic) bond motifs is 2. The van der Waals surface area contributed by atoms with Crippen molar-refractivity contribution in [3.8, 4) is 5.75 Å². The van der Waals surface area contributed by atoms with E-state index in [1.807, 2.05) is 12.3 Å². The topological polar surface area (TPSA) is 48.6 Å². The van der Waals surface area contributed by atoms with Crippen LogP contribution in [0.5, 0.6) is 5.75 Å². The van der Waals surface area contributed by atoms with E-state index in [0.717, 1.165) is 76.2 Å². The van der Waals surface area contributed by atoms with Gasteiger partial charge in [0.25, 0.3) is 0 Å². The van der Waals surface area contributed by atoms with Crippen molar-refractivity contribution in [3.63, 3.8) is 0 Å². The zero-order valence-electron chi connectivity index (χ0n) is 21.6. The number of hydrogen-bond acceptors (Lipinski definition) is 3. The molecule has 1 amide bonds. The van der Waals surface area contributed by atoms with Gasteiger partial charge in [0.2, 0.25) is 5.91 Å². The molecule has 2 aliphatic rings. The Morgan fingerprint density at radius 2 is 2.11 bits per heavy atom. The Kier molecular flexibility index (Phi) is 7.87. The second-order valence-electron chi connectivity index (χ2n) is 10.9. The standard InChI is InChI=1S/C30H38ClN3O2/c1-21(2)17-34(18-22-15-23-7-3-4-14-36-29(23)27(31)16-22)30(35)25-9-6-13-33(20-25)19-24-8-5-10-28-26(24)11-12-32-28/h5,8,10-12,15-16,21,25,32H,3-4,6-7,9,13-14,17-20H2,1-2H3/t25-/m1/s1. The highest BCUT2D eigenvalue weighted by atomic mass is 35.5. The highest BCUT2D eigenvalue weighted by Crippen LogP contribution is 2.34. The Hall–Kier alpha value is -2.50. The molecule has 0 unspecified atom stereocenters. The van der Waals surface area contributed by atoms with Crippen LogP contribution in [0.4, 0.5) is 0 Å². The number of aromatic amines is 1. The van der Waals surface area contributed by atoms with Crippen LogP contribution in [0, 0.1) is 11.8 Å². The lowest BCUT2D eigenvalue weighted by Crippen LogP contribution is -2.45. The van der Waals surface area contributed by atoms with E-state index in [9.17, 15) is 4.79 Å². The number of carbonyl (C=O) groups excluding carboxylic acids is 1. The Bertz CT molecular complexity index is 1200. The van der Waals surface area contributed by atoms with Crippen molar-refractivity contribution in [1.29, 1.82) is 0 Å². The molecule has 0 spiro atoms. The average molecular weight is 508 g/mol. The first-order valence-electron chi connectivity index (χ1n) is 13.5. The van der Waals surface area contributed by atoms with Gasteiger partial charge in [-0.2, -0.15) is 0 Å². The number of carbonyl (C=O) groups is 1. The van der Waals surface area contributed by atoms with Gasteiger partial charge in [-0.25, -0.2) is 0 Å².